The van der Waals surface area contributed by atoms with Gasteiger partial charge in [-0.1, -0.05) is 48.5 Å². The average molecular weight is 452 g/mol. The molecule has 5 heteroatoms. The van der Waals surface area contributed by atoms with Gasteiger partial charge in [0.15, 0.2) is 0 Å². The lowest BCUT2D eigenvalue weighted by atomic mass is 10.0. The summed E-state index contributed by atoms with van der Waals surface area (Å²) in [6.07, 6.45) is 1.90. The lowest BCUT2D eigenvalue weighted by Gasteiger charge is -2.32. The molecule has 2 heterocycles. The number of rotatable bonds is 6. The van der Waals surface area contributed by atoms with Crippen molar-refractivity contribution in [2.75, 3.05) is 20.2 Å². The number of amides is 1. The molecule has 1 aliphatic heterocycles. The van der Waals surface area contributed by atoms with Crippen molar-refractivity contribution < 1.29 is 9.53 Å². The monoisotopic (exact) mass is 451 g/mol. The van der Waals surface area contributed by atoms with Gasteiger partial charge in [-0.15, -0.1) is 0 Å². The molecule has 1 aliphatic rings. The highest BCUT2D eigenvalue weighted by molar-refractivity contribution is 6.07. The minimum absolute atomic E-state index is 0.0325. The smallest absolute Gasteiger partial charge is 0.252 e. The van der Waals surface area contributed by atoms with Gasteiger partial charge >= 0.3 is 0 Å². The van der Waals surface area contributed by atoms with Crippen molar-refractivity contribution in [2.45, 2.75) is 25.4 Å². The van der Waals surface area contributed by atoms with Gasteiger partial charge in [-0.3, -0.25) is 9.69 Å². The number of nitrogens with one attached hydrogen (secondary N) is 1. The van der Waals surface area contributed by atoms with E-state index < -0.39 is 0 Å². The van der Waals surface area contributed by atoms with E-state index in [1.807, 2.05) is 60.7 Å². The number of carbonyl (C=O) groups excluding carboxylic acids is 1. The van der Waals surface area contributed by atoms with Crippen LogP contribution in [0.4, 0.5) is 0 Å². The van der Waals surface area contributed by atoms with Gasteiger partial charge in [-0.05, 0) is 54.8 Å². The van der Waals surface area contributed by atoms with Crippen LogP contribution in [-0.4, -0.2) is 42.0 Å². The normalized spacial score (nSPS) is 14.7. The lowest BCUT2D eigenvalue weighted by Crippen LogP contribution is -2.44. The number of aromatic nitrogens is 1. The molecule has 5 nitrogen and oxygen atoms in total. The summed E-state index contributed by atoms with van der Waals surface area (Å²) in [4.78, 5) is 20.7. The Bertz CT molecular complexity index is 1260. The van der Waals surface area contributed by atoms with Crippen LogP contribution in [0.1, 0.15) is 28.8 Å². The fraction of sp³-hybridized carbons (Fsp3) is 0.241. The molecule has 0 bridgehead atoms. The molecule has 1 amide bonds. The molecule has 0 unspecified atom stereocenters. The van der Waals surface area contributed by atoms with Crippen molar-refractivity contribution in [2.24, 2.45) is 0 Å². The van der Waals surface area contributed by atoms with E-state index in [2.05, 4.69) is 34.5 Å². The number of ether oxygens (including phenoxy) is 1. The number of piperidine rings is 1. The first-order chi connectivity index (χ1) is 16.7. The predicted octanol–water partition coefficient (Wildman–Crippen LogP) is 5.30. The Morgan fingerprint density at radius 2 is 1.68 bits per heavy atom. The van der Waals surface area contributed by atoms with E-state index in [4.69, 9.17) is 9.72 Å². The van der Waals surface area contributed by atoms with E-state index >= 15 is 0 Å². The Morgan fingerprint density at radius 1 is 0.971 bits per heavy atom. The van der Waals surface area contributed by atoms with Crippen LogP contribution < -0.4 is 10.1 Å². The van der Waals surface area contributed by atoms with E-state index in [0.717, 1.165) is 60.4 Å². The maximum atomic E-state index is 13.4. The number of pyridine rings is 1. The highest BCUT2D eigenvalue weighted by atomic mass is 16.5. The predicted molar refractivity (Wildman–Crippen MR) is 136 cm³/mol. The molecule has 1 saturated heterocycles. The number of carbonyl (C=O) groups is 1. The summed E-state index contributed by atoms with van der Waals surface area (Å²) in [5.41, 5.74) is 4.56. The van der Waals surface area contributed by atoms with E-state index in [-0.39, 0.29) is 11.9 Å². The molecule has 4 aromatic rings. The first kappa shape index (κ1) is 22.1. The Kier molecular flexibility index (Phi) is 6.54. The molecule has 34 heavy (non-hydrogen) atoms. The topological polar surface area (TPSA) is 54.5 Å². The van der Waals surface area contributed by atoms with Gasteiger partial charge in [0.1, 0.15) is 5.75 Å². The maximum Gasteiger partial charge on any atom is 0.252 e. The lowest BCUT2D eigenvalue weighted by molar-refractivity contribution is 0.0910. The van der Waals surface area contributed by atoms with E-state index in [9.17, 15) is 4.79 Å². The van der Waals surface area contributed by atoms with Crippen LogP contribution in [0.2, 0.25) is 0 Å². The Hall–Kier alpha value is -3.70. The minimum atomic E-state index is -0.0325. The van der Waals surface area contributed by atoms with Crippen LogP contribution in [0.25, 0.3) is 22.2 Å². The summed E-state index contributed by atoms with van der Waals surface area (Å²) in [6.45, 7) is 2.92. The molecule has 0 aliphatic carbocycles. The number of hydrogen-bond acceptors (Lipinski definition) is 4. The molecule has 0 spiro atoms. The van der Waals surface area contributed by atoms with Gasteiger partial charge < -0.3 is 10.1 Å². The van der Waals surface area contributed by atoms with Gasteiger partial charge in [0.2, 0.25) is 0 Å². The van der Waals surface area contributed by atoms with Crippen LogP contribution >= 0.6 is 0 Å². The van der Waals surface area contributed by atoms with Crippen LogP contribution in [0.3, 0.4) is 0 Å². The van der Waals surface area contributed by atoms with Gasteiger partial charge in [-0.25, -0.2) is 4.98 Å². The first-order valence-electron chi connectivity index (χ1n) is 11.8. The summed E-state index contributed by atoms with van der Waals surface area (Å²) < 4.78 is 5.27. The fourth-order valence-corrected chi connectivity index (χ4v) is 4.61. The van der Waals surface area contributed by atoms with Crippen LogP contribution in [-0.2, 0) is 6.54 Å². The number of fused-ring (bicyclic) bond motifs is 1. The largest absolute Gasteiger partial charge is 0.497 e. The average Bonchev–Trinajstić information content (AvgIpc) is 2.90. The third-order valence-electron chi connectivity index (χ3n) is 6.52. The summed E-state index contributed by atoms with van der Waals surface area (Å²) >= 11 is 0. The fourth-order valence-electron chi connectivity index (χ4n) is 4.61. The van der Waals surface area contributed by atoms with Crippen molar-refractivity contribution in [3.8, 4) is 17.0 Å². The minimum Gasteiger partial charge on any atom is -0.497 e. The second kappa shape index (κ2) is 10.1. The van der Waals surface area contributed by atoms with Crippen LogP contribution in [0.15, 0.2) is 84.9 Å². The SMILES string of the molecule is COc1ccc(-c2cc(C(=O)NC3CCN(Cc4ccccc4)CC3)c3ccccc3n2)cc1. The zero-order valence-electron chi connectivity index (χ0n) is 19.4. The van der Waals surface area contributed by atoms with Crippen molar-refractivity contribution in [3.63, 3.8) is 0 Å². The number of benzene rings is 3. The van der Waals surface area contributed by atoms with Crippen molar-refractivity contribution in [1.82, 2.24) is 15.2 Å². The zero-order chi connectivity index (χ0) is 23.3. The van der Waals surface area contributed by atoms with E-state index in [0.29, 0.717) is 5.56 Å². The molecule has 3 aromatic carbocycles. The van der Waals surface area contributed by atoms with E-state index in [1.54, 1.807) is 7.11 Å². The molecule has 172 valence electrons. The Morgan fingerprint density at radius 3 is 2.41 bits per heavy atom. The summed E-state index contributed by atoms with van der Waals surface area (Å²) in [7, 11) is 1.65. The maximum absolute atomic E-state index is 13.4. The highest BCUT2D eigenvalue weighted by Crippen LogP contribution is 2.27. The van der Waals surface area contributed by atoms with Crippen molar-refractivity contribution >= 4 is 16.8 Å². The number of likely N-dealkylation sites (tertiary alicyclic amines) is 1. The molecule has 5 rings (SSSR count). The summed E-state index contributed by atoms with van der Waals surface area (Å²) in [5, 5.41) is 4.17. The highest BCUT2D eigenvalue weighted by Gasteiger charge is 2.22. The molecule has 0 radical (unpaired) electrons. The summed E-state index contributed by atoms with van der Waals surface area (Å²) in [5.74, 6) is 0.760. The Balaban J connectivity index is 1.31. The van der Waals surface area contributed by atoms with Gasteiger partial charge in [0, 0.05) is 36.6 Å². The number of nitrogens with zero attached hydrogens (tertiary/aromatic N) is 2. The molecule has 1 N–H and O–H groups in total. The van der Waals surface area contributed by atoms with Gasteiger partial charge in [0.05, 0.1) is 23.9 Å². The van der Waals surface area contributed by atoms with Gasteiger partial charge in [-0.2, -0.15) is 0 Å². The molecule has 1 aromatic heterocycles. The number of para-hydroxylation sites is 1. The molecular weight excluding hydrogens is 422 g/mol. The number of hydrogen-bond donors (Lipinski definition) is 1. The van der Waals surface area contributed by atoms with Gasteiger partial charge in [0.25, 0.3) is 5.91 Å². The van der Waals surface area contributed by atoms with E-state index in [1.165, 1.54) is 5.56 Å². The first-order valence-corrected chi connectivity index (χ1v) is 11.8. The molecule has 1 fully saturated rings. The third-order valence-corrected chi connectivity index (χ3v) is 6.52. The van der Waals surface area contributed by atoms with Crippen LogP contribution in [0.5, 0.6) is 5.75 Å². The quantitative estimate of drug-likeness (QED) is 0.432. The van der Waals surface area contributed by atoms with Crippen molar-refractivity contribution in [1.29, 1.82) is 0 Å². The molecular formula is C29H29N3O2. The van der Waals surface area contributed by atoms with Crippen LogP contribution in [0, 0.1) is 0 Å². The third kappa shape index (κ3) is 4.95. The second-order valence-electron chi connectivity index (χ2n) is 8.81. The molecule has 0 saturated carbocycles. The Labute approximate surface area is 200 Å². The molecule has 0 atom stereocenters. The summed E-state index contributed by atoms with van der Waals surface area (Å²) in [6, 6.07) is 28.2. The second-order valence-corrected chi connectivity index (χ2v) is 8.81. The standard InChI is InChI=1S/C29H29N3O2/c1-34-24-13-11-22(12-14-24)28-19-26(25-9-5-6-10-27(25)31-28)29(33)30-23-15-17-32(18-16-23)20-21-7-3-2-4-8-21/h2-14,19,23H,15-18,20H2,1H3,(H,30,33). The van der Waals surface area contributed by atoms with Crippen molar-refractivity contribution in [3.05, 3.63) is 96.1 Å². The number of methoxy groups -OCH3 is 1. The zero-order valence-corrected chi connectivity index (χ0v) is 19.4.